The molecule has 0 aromatic heterocycles. The predicted octanol–water partition coefficient (Wildman–Crippen LogP) is 1.43. The third kappa shape index (κ3) is 5.71. The summed E-state index contributed by atoms with van der Waals surface area (Å²) in [6.45, 7) is 6.44. The molecule has 6 heteroatoms. The third-order valence-electron chi connectivity index (χ3n) is 3.82. The Kier molecular flexibility index (Phi) is 7.37. The summed E-state index contributed by atoms with van der Waals surface area (Å²) < 4.78 is 0. The number of rotatable bonds is 7. The Morgan fingerprint density at radius 3 is 2.40 bits per heavy atom. The summed E-state index contributed by atoms with van der Waals surface area (Å²) in [5.74, 6) is -0.294. The standard InChI is InChI=1S/C14H26N2O3S/c1-10(2)16-6-4-11(5-7-16)8-13(17)15-12(9-20-3)14(18)19/h10-12H,4-9H2,1-3H3,(H,15,17)(H,18,19)/t12-/m0/s1. The van der Waals surface area contributed by atoms with Crippen LogP contribution < -0.4 is 5.32 Å². The highest BCUT2D eigenvalue weighted by Gasteiger charge is 2.25. The second-order valence-corrected chi connectivity index (χ2v) is 6.60. The number of hydrogen-bond acceptors (Lipinski definition) is 4. The van der Waals surface area contributed by atoms with Crippen LogP contribution in [0.5, 0.6) is 0 Å². The molecule has 1 saturated heterocycles. The van der Waals surface area contributed by atoms with Crippen molar-refractivity contribution < 1.29 is 14.7 Å². The molecule has 1 aliphatic heterocycles. The zero-order valence-electron chi connectivity index (χ0n) is 12.6. The number of nitrogens with one attached hydrogen (secondary N) is 1. The molecule has 5 nitrogen and oxygen atoms in total. The molecule has 0 unspecified atom stereocenters. The average molecular weight is 302 g/mol. The summed E-state index contributed by atoms with van der Waals surface area (Å²) in [7, 11) is 0. The summed E-state index contributed by atoms with van der Waals surface area (Å²) in [5.41, 5.74) is 0. The largest absolute Gasteiger partial charge is 0.480 e. The molecule has 0 aliphatic carbocycles. The third-order valence-corrected chi connectivity index (χ3v) is 4.49. The van der Waals surface area contributed by atoms with Gasteiger partial charge in [-0.1, -0.05) is 0 Å². The molecule has 1 aliphatic rings. The van der Waals surface area contributed by atoms with Gasteiger partial charge in [-0.05, 0) is 52.0 Å². The van der Waals surface area contributed by atoms with E-state index in [1.807, 2.05) is 6.26 Å². The first-order valence-corrected chi connectivity index (χ1v) is 8.58. The lowest BCUT2D eigenvalue weighted by molar-refractivity contribution is -0.141. The molecule has 1 rings (SSSR count). The van der Waals surface area contributed by atoms with Crippen molar-refractivity contribution in [1.82, 2.24) is 10.2 Å². The Morgan fingerprint density at radius 2 is 1.95 bits per heavy atom. The van der Waals surface area contributed by atoms with E-state index in [1.165, 1.54) is 11.8 Å². The zero-order valence-corrected chi connectivity index (χ0v) is 13.4. The quantitative estimate of drug-likeness (QED) is 0.744. The molecule has 1 amide bonds. The van der Waals surface area contributed by atoms with Gasteiger partial charge in [-0.2, -0.15) is 11.8 Å². The van der Waals surface area contributed by atoms with Crippen molar-refractivity contribution in [3.63, 3.8) is 0 Å². The number of piperidine rings is 1. The van der Waals surface area contributed by atoms with Crippen molar-refractivity contribution >= 4 is 23.6 Å². The smallest absolute Gasteiger partial charge is 0.327 e. The van der Waals surface area contributed by atoms with Crippen molar-refractivity contribution in [3.05, 3.63) is 0 Å². The van der Waals surface area contributed by atoms with Gasteiger partial charge in [-0.3, -0.25) is 4.79 Å². The van der Waals surface area contributed by atoms with Crippen LogP contribution in [0.4, 0.5) is 0 Å². The Labute approximate surface area is 125 Å². The number of aliphatic carboxylic acids is 1. The highest BCUT2D eigenvalue weighted by molar-refractivity contribution is 7.98. The van der Waals surface area contributed by atoms with Crippen LogP contribution in [0, 0.1) is 5.92 Å². The number of amides is 1. The maximum absolute atomic E-state index is 11.9. The lowest BCUT2D eigenvalue weighted by atomic mass is 9.92. The Balaban J connectivity index is 2.34. The van der Waals surface area contributed by atoms with Gasteiger partial charge >= 0.3 is 5.97 Å². The maximum Gasteiger partial charge on any atom is 0.327 e. The van der Waals surface area contributed by atoms with E-state index < -0.39 is 12.0 Å². The SMILES string of the molecule is CSC[C@H](NC(=O)CC1CCN(C(C)C)CC1)C(=O)O. The fourth-order valence-corrected chi connectivity index (χ4v) is 3.09. The van der Waals surface area contributed by atoms with E-state index in [-0.39, 0.29) is 5.91 Å². The van der Waals surface area contributed by atoms with E-state index >= 15 is 0 Å². The first-order chi connectivity index (χ1) is 9.43. The van der Waals surface area contributed by atoms with Gasteiger partial charge in [0.2, 0.25) is 5.91 Å². The van der Waals surface area contributed by atoms with E-state index in [0.29, 0.717) is 24.1 Å². The van der Waals surface area contributed by atoms with E-state index in [9.17, 15) is 9.59 Å². The lowest BCUT2D eigenvalue weighted by Gasteiger charge is -2.34. The summed E-state index contributed by atoms with van der Waals surface area (Å²) in [6, 6.07) is -0.212. The van der Waals surface area contributed by atoms with Gasteiger partial charge in [0, 0.05) is 18.2 Å². The first kappa shape index (κ1) is 17.3. The van der Waals surface area contributed by atoms with Crippen molar-refractivity contribution in [1.29, 1.82) is 0 Å². The van der Waals surface area contributed by atoms with Crippen molar-refractivity contribution in [2.45, 2.75) is 45.2 Å². The number of thioether (sulfide) groups is 1. The summed E-state index contributed by atoms with van der Waals surface area (Å²) >= 11 is 1.43. The van der Waals surface area contributed by atoms with Crippen LogP contribution in [0.25, 0.3) is 0 Å². The van der Waals surface area contributed by atoms with Gasteiger partial charge in [-0.25, -0.2) is 4.79 Å². The van der Waals surface area contributed by atoms with Gasteiger partial charge in [0.15, 0.2) is 0 Å². The van der Waals surface area contributed by atoms with Gasteiger partial charge in [0.25, 0.3) is 0 Å². The Morgan fingerprint density at radius 1 is 1.35 bits per heavy atom. The second kappa shape index (κ2) is 8.52. The van der Waals surface area contributed by atoms with Crippen LogP contribution in [-0.4, -0.2) is 59.1 Å². The summed E-state index contributed by atoms with van der Waals surface area (Å²) in [5, 5.41) is 11.6. The van der Waals surface area contributed by atoms with Gasteiger partial charge in [0.1, 0.15) is 6.04 Å². The molecular weight excluding hydrogens is 276 g/mol. The number of carbonyl (C=O) groups excluding carboxylic acids is 1. The molecule has 0 radical (unpaired) electrons. The molecule has 0 aromatic carbocycles. The molecule has 116 valence electrons. The van der Waals surface area contributed by atoms with Crippen LogP contribution in [-0.2, 0) is 9.59 Å². The summed E-state index contributed by atoms with van der Waals surface area (Å²) in [4.78, 5) is 25.3. The van der Waals surface area contributed by atoms with Crippen molar-refractivity contribution in [2.75, 3.05) is 25.1 Å². The molecule has 1 heterocycles. The first-order valence-electron chi connectivity index (χ1n) is 7.19. The monoisotopic (exact) mass is 302 g/mol. The predicted molar refractivity (Wildman–Crippen MR) is 82.0 cm³/mol. The molecule has 1 atom stereocenters. The van der Waals surface area contributed by atoms with Crippen LogP contribution in [0.3, 0.4) is 0 Å². The number of carbonyl (C=O) groups is 2. The average Bonchev–Trinajstić information content (AvgIpc) is 2.38. The van der Waals surface area contributed by atoms with Crippen LogP contribution >= 0.6 is 11.8 Å². The molecule has 0 spiro atoms. The van der Waals surface area contributed by atoms with E-state index in [2.05, 4.69) is 24.1 Å². The Bertz CT molecular complexity index is 328. The number of likely N-dealkylation sites (tertiary alicyclic amines) is 1. The highest BCUT2D eigenvalue weighted by atomic mass is 32.2. The van der Waals surface area contributed by atoms with Crippen LogP contribution in [0.1, 0.15) is 33.1 Å². The van der Waals surface area contributed by atoms with Crippen LogP contribution in [0.15, 0.2) is 0 Å². The number of carboxylic acids is 1. The summed E-state index contributed by atoms with van der Waals surface area (Å²) in [6.07, 6.45) is 4.32. The second-order valence-electron chi connectivity index (χ2n) is 5.69. The van der Waals surface area contributed by atoms with Crippen LogP contribution in [0.2, 0.25) is 0 Å². The zero-order chi connectivity index (χ0) is 15.1. The van der Waals surface area contributed by atoms with E-state index in [4.69, 9.17) is 5.11 Å². The highest BCUT2D eigenvalue weighted by Crippen LogP contribution is 2.21. The van der Waals surface area contributed by atoms with Gasteiger partial charge in [0.05, 0.1) is 0 Å². The van der Waals surface area contributed by atoms with Gasteiger partial charge < -0.3 is 15.3 Å². The molecule has 0 bridgehead atoms. The maximum atomic E-state index is 11.9. The normalized spacial score (nSPS) is 19.0. The fourth-order valence-electron chi connectivity index (χ4n) is 2.53. The van der Waals surface area contributed by atoms with E-state index in [1.54, 1.807) is 0 Å². The lowest BCUT2D eigenvalue weighted by Crippen LogP contribution is -2.44. The fraction of sp³-hybridized carbons (Fsp3) is 0.857. The number of hydrogen-bond donors (Lipinski definition) is 2. The molecule has 20 heavy (non-hydrogen) atoms. The van der Waals surface area contributed by atoms with Crippen molar-refractivity contribution in [3.8, 4) is 0 Å². The van der Waals surface area contributed by atoms with E-state index in [0.717, 1.165) is 25.9 Å². The minimum absolute atomic E-state index is 0.130. The van der Waals surface area contributed by atoms with Gasteiger partial charge in [-0.15, -0.1) is 0 Å². The molecule has 2 N–H and O–H groups in total. The van der Waals surface area contributed by atoms with Crippen molar-refractivity contribution in [2.24, 2.45) is 5.92 Å². The molecule has 0 saturated carbocycles. The number of nitrogens with zero attached hydrogens (tertiary/aromatic N) is 1. The number of carboxylic acid groups (broad SMARTS) is 1. The minimum atomic E-state index is -0.956. The molecule has 1 fully saturated rings. The molecular formula is C14H26N2O3S. The topological polar surface area (TPSA) is 69.6 Å². The Hall–Kier alpha value is -0.750. The minimum Gasteiger partial charge on any atom is -0.480 e. The molecule has 0 aromatic rings.